The zero-order chi connectivity index (χ0) is 58.2. The number of aromatic nitrogens is 2. The highest BCUT2D eigenvalue weighted by molar-refractivity contribution is 7.90. The molecule has 5 aliphatic rings. The number of pyridine rings is 1. The van der Waals surface area contributed by atoms with Crippen molar-refractivity contribution in [3.63, 3.8) is 0 Å². The maximum absolute atomic E-state index is 14.2. The van der Waals surface area contributed by atoms with Crippen molar-refractivity contribution in [3.05, 3.63) is 146 Å². The molecule has 11 rings (SSSR count). The van der Waals surface area contributed by atoms with Gasteiger partial charge in [-0.2, -0.15) is 0 Å². The molecule has 3 saturated heterocycles. The van der Waals surface area contributed by atoms with Crippen LogP contribution in [0.3, 0.4) is 0 Å². The molecule has 0 radical (unpaired) electrons. The number of sulfonamides is 1. The predicted molar refractivity (Wildman–Crippen MR) is 314 cm³/mol. The summed E-state index contributed by atoms with van der Waals surface area (Å²) in [4.78, 5) is 91.9. The lowest BCUT2D eigenvalue weighted by atomic mass is 9.72. The highest BCUT2D eigenvalue weighted by Crippen LogP contribution is 2.44. The van der Waals surface area contributed by atoms with Crippen LogP contribution < -0.4 is 30.3 Å². The van der Waals surface area contributed by atoms with Crippen LogP contribution in [0.25, 0.3) is 16.6 Å². The van der Waals surface area contributed by atoms with Gasteiger partial charge in [0.05, 0.1) is 32.7 Å². The number of nitrogens with zero attached hydrogens (tertiary/aromatic N) is 6. The molecule has 5 amide bonds. The second-order valence-corrected chi connectivity index (χ2v) is 24.8. The van der Waals surface area contributed by atoms with Crippen LogP contribution in [0.4, 0.5) is 22.7 Å². The summed E-state index contributed by atoms with van der Waals surface area (Å²) in [5, 5.41) is 22.6. The topological polar surface area (TPSA) is 262 Å². The van der Waals surface area contributed by atoms with Gasteiger partial charge < -0.3 is 30.2 Å². The van der Waals surface area contributed by atoms with Crippen molar-refractivity contribution in [1.29, 1.82) is 0 Å². The van der Waals surface area contributed by atoms with Crippen molar-refractivity contribution in [3.8, 4) is 11.5 Å². The highest BCUT2D eigenvalue weighted by atomic mass is 35.5. The third-order valence-electron chi connectivity index (χ3n) is 16.5. The molecule has 5 N–H and O–H groups in total. The number of nitrogens with one attached hydrogen (secondary N) is 5. The van der Waals surface area contributed by atoms with Gasteiger partial charge in [0.1, 0.15) is 28.9 Å². The number of piperazine rings is 1. The molecule has 0 spiro atoms. The zero-order valence-corrected chi connectivity index (χ0v) is 47.6. The number of carbonyl (C=O) groups is 5. The van der Waals surface area contributed by atoms with E-state index >= 15 is 0 Å². The van der Waals surface area contributed by atoms with Gasteiger partial charge in [0.25, 0.3) is 33.4 Å². The average molecular weight is 1170 g/mol. The highest BCUT2D eigenvalue weighted by Gasteiger charge is 2.46. The first-order valence-corrected chi connectivity index (χ1v) is 29.8. The Morgan fingerprint density at radius 1 is 0.867 bits per heavy atom. The molecule has 2 aromatic heterocycles. The van der Waals surface area contributed by atoms with Crippen LogP contribution in [0.1, 0.15) is 95.4 Å². The first kappa shape index (κ1) is 56.7. The molecule has 1 unspecified atom stereocenters. The van der Waals surface area contributed by atoms with Crippen molar-refractivity contribution < 1.29 is 42.1 Å². The van der Waals surface area contributed by atoms with Crippen molar-refractivity contribution in [1.82, 2.24) is 34.7 Å². The fraction of sp³-hybridized carbons (Fsp3) is 0.367. The zero-order valence-electron chi connectivity index (χ0n) is 46.0. The van der Waals surface area contributed by atoms with Crippen molar-refractivity contribution in [2.45, 2.75) is 69.7 Å². The van der Waals surface area contributed by atoms with Gasteiger partial charge in [-0.05, 0) is 135 Å². The lowest BCUT2D eigenvalue weighted by Crippen LogP contribution is -2.54. The molecule has 6 heterocycles. The summed E-state index contributed by atoms with van der Waals surface area (Å²) in [6, 6.07) is 24.1. The van der Waals surface area contributed by atoms with E-state index in [4.69, 9.17) is 16.3 Å². The van der Waals surface area contributed by atoms with Gasteiger partial charge >= 0.3 is 0 Å². The van der Waals surface area contributed by atoms with Gasteiger partial charge in [0.15, 0.2) is 0 Å². The normalized spacial score (nSPS) is 19.0. The third kappa shape index (κ3) is 12.5. The Bertz CT molecular complexity index is 3700. The van der Waals surface area contributed by atoms with Gasteiger partial charge in [-0.3, -0.25) is 49.2 Å². The third-order valence-corrected chi connectivity index (χ3v) is 18.1. The minimum Gasteiger partial charge on any atom is -0.455 e. The Hall–Kier alpha value is -8.18. The molecule has 4 aliphatic heterocycles. The van der Waals surface area contributed by atoms with E-state index in [1.807, 2.05) is 18.2 Å². The van der Waals surface area contributed by atoms with Gasteiger partial charge in [-0.15, -0.1) is 0 Å². The van der Waals surface area contributed by atoms with Gasteiger partial charge in [0.2, 0.25) is 11.8 Å². The summed E-state index contributed by atoms with van der Waals surface area (Å²) < 4.78 is 36.4. The van der Waals surface area contributed by atoms with Gasteiger partial charge in [0, 0.05) is 98.9 Å². The largest absolute Gasteiger partial charge is 0.455 e. The Kier molecular flexibility index (Phi) is 16.1. The van der Waals surface area contributed by atoms with Crippen LogP contribution in [0.15, 0.2) is 114 Å². The summed E-state index contributed by atoms with van der Waals surface area (Å²) in [7, 11) is -4.66. The van der Waals surface area contributed by atoms with Crippen LogP contribution in [-0.4, -0.2) is 139 Å². The van der Waals surface area contributed by atoms with E-state index in [2.05, 4.69) is 71.3 Å². The van der Waals surface area contributed by atoms with Crippen LogP contribution in [-0.2, 0) is 19.6 Å². The van der Waals surface area contributed by atoms with E-state index in [9.17, 15) is 42.5 Å². The Labute approximate surface area is 485 Å². The molecule has 83 heavy (non-hydrogen) atoms. The first-order valence-electron chi connectivity index (χ1n) is 28.0. The summed E-state index contributed by atoms with van der Waals surface area (Å²) in [5.41, 5.74) is 6.11. The molecule has 6 aromatic rings. The molecule has 432 valence electrons. The number of halogens is 1. The van der Waals surface area contributed by atoms with Crippen molar-refractivity contribution >= 4 is 90.5 Å². The number of nitro groups is 1. The van der Waals surface area contributed by atoms with E-state index in [0.29, 0.717) is 54.8 Å². The number of hydrogen-bond donors (Lipinski definition) is 5. The number of carbonyl (C=O) groups excluding carboxylic acids is 5. The SMILES string of the molecule is CC1(C)CCC(CN2CCN(c3ccc(C(=O)NS(=O)(=O)c4ccc(NCC5CCN(CCNc6cccc7c6C(=O)N(C6CCC(=O)NC6=O)C7=O)CC5)c([N+](=O)[O-])c4)c(Oc4cnc5[nH]ccc5c4)c3)CC2)=C(c2ccc(Cl)cc2)C1. The lowest BCUT2D eigenvalue weighted by Gasteiger charge is -2.39. The number of nitro benzene ring substituents is 1. The number of rotatable bonds is 18. The first-order chi connectivity index (χ1) is 39.9. The number of ether oxygens (including phenoxy) is 1. The lowest BCUT2D eigenvalue weighted by molar-refractivity contribution is -0.384. The Balaban J connectivity index is 0.708. The molecule has 23 heteroatoms. The molecule has 4 aromatic carbocycles. The smallest absolute Gasteiger partial charge is 0.293 e. The van der Waals surface area contributed by atoms with E-state index < -0.39 is 61.1 Å². The van der Waals surface area contributed by atoms with Crippen LogP contribution in [0.5, 0.6) is 11.5 Å². The molecule has 1 aliphatic carbocycles. The molecule has 0 saturated carbocycles. The van der Waals surface area contributed by atoms with Crippen LogP contribution in [0, 0.1) is 21.4 Å². The second-order valence-electron chi connectivity index (χ2n) is 22.7. The van der Waals surface area contributed by atoms with E-state index in [-0.39, 0.29) is 52.3 Å². The van der Waals surface area contributed by atoms with Crippen molar-refractivity contribution in [2.75, 3.05) is 81.0 Å². The Morgan fingerprint density at radius 2 is 1.65 bits per heavy atom. The fourth-order valence-electron chi connectivity index (χ4n) is 11.9. The number of hydrogen-bond acceptors (Lipinski definition) is 16. The number of benzene rings is 4. The Morgan fingerprint density at radius 3 is 2.41 bits per heavy atom. The quantitative estimate of drug-likeness (QED) is 0.0307. The number of H-pyrrole nitrogens is 1. The number of allylic oxidation sites excluding steroid dienone is 1. The molecular formula is C60H64ClN11O10S. The van der Waals surface area contributed by atoms with E-state index in [1.165, 1.54) is 41.1 Å². The number of likely N-dealkylation sites (tertiary alicyclic amines) is 1. The maximum Gasteiger partial charge on any atom is 0.293 e. The number of amides is 5. The van der Waals surface area contributed by atoms with Crippen molar-refractivity contribution in [2.24, 2.45) is 11.3 Å². The molecular weight excluding hydrogens is 1100 g/mol. The number of aromatic amines is 1. The molecule has 21 nitrogen and oxygen atoms in total. The van der Waals surface area contributed by atoms with Crippen LogP contribution in [0.2, 0.25) is 5.02 Å². The fourth-order valence-corrected chi connectivity index (χ4v) is 13.0. The minimum atomic E-state index is -4.66. The maximum atomic E-state index is 14.2. The van der Waals surface area contributed by atoms with E-state index in [0.717, 1.165) is 86.9 Å². The minimum absolute atomic E-state index is 0.0275. The monoisotopic (exact) mass is 1170 g/mol. The summed E-state index contributed by atoms with van der Waals surface area (Å²) in [5.74, 6) is -2.72. The molecule has 1 atom stereocenters. The molecule has 0 bridgehead atoms. The van der Waals surface area contributed by atoms with Crippen LogP contribution >= 0.6 is 11.6 Å². The average Bonchev–Trinajstić information content (AvgIpc) is 2.62. The van der Waals surface area contributed by atoms with E-state index in [1.54, 1.807) is 42.6 Å². The number of imide groups is 2. The number of fused-ring (bicyclic) bond motifs is 2. The number of anilines is 3. The summed E-state index contributed by atoms with van der Waals surface area (Å²) in [6.45, 7) is 11.4. The summed E-state index contributed by atoms with van der Waals surface area (Å²) in [6.07, 6.45) is 8.00. The number of piperidine rings is 2. The predicted octanol–water partition coefficient (Wildman–Crippen LogP) is 8.46. The summed E-state index contributed by atoms with van der Waals surface area (Å²) >= 11 is 6.27. The molecule has 3 fully saturated rings. The van der Waals surface area contributed by atoms with Gasteiger partial charge in [-0.25, -0.2) is 18.1 Å². The second kappa shape index (κ2) is 23.6. The van der Waals surface area contributed by atoms with Gasteiger partial charge in [-0.1, -0.05) is 49.2 Å². The standard InChI is InChI=1S/C60H64ClN11O10S/c1-60(2)20-16-40(47(33-60)38-6-8-41(61)9-7-38)36-69-26-28-70(29-27-69)42-10-12-45(52(31-42)82-43-30-39-17-21-63-55(39)65-35-43)56(74)67-83(80,81)44-11-13-48(51(32-44)72(78)79)64-34-37-18-23-68(24-19-37)25-22-62-49-5-3-4-46-54(49)59(77)71(58(46)76)50-14-15-53(73)66-57(50)75/h3-13,17,21,30-32,35,37,50,62,64H,14-16,18-20,22-29,33-34,36H2,1-2H3,(H,63,65)(H,67,74)(H,66,73,75).